The minimum Gasteiger partial charge on any atom is -0.495 e. The molecule has 0 saturated heterocycles. The van der Waals surface area contributed by atoms with Crippen molar-refractivity contribution >= 4 is 0 Å². The normalized spacial score (nSPS) is 12.7. The molecule has 0 aliphatic carbocycles. The summed E-state index contributed by atoms with van der Waals surface area (Å²) in [4.78, 5) is 4.41. The van der Waals surface area contributed by atoms with Crippen LogP contribution in [0.5, 0.6) is 5.75 Å². The Morgan fingerprint density at radius 3 is 2.42 bits per heavy atom. The molecule has 1 N–H and O–H groups in total. The number of ether oxygens (including phenoxy) is 3. The monoisotopic (exact) mass is 268 g/mol. The van der Waals surface area contributed by atoms with E-state index in [-0.39, 0.29) is 12.3 Å². The molecule has 0 amide bonds. The van der Waals surface area contributed by atoms with Crippen molar-refractivity contribution in [1.29, 1.82) is 0 Å². The fraction of sp³-hybridized carbons (Fsp3) is 0.643. The Kier molecular flexibility index (Phi) is 7.40. The number of methoxy groups -OCH3 is 1. The number of aromatic nitrogens is 1. The minimum absolute atomic E-state index is 0.152. The Morgan fingerprint density at radius 1 is 1.21 bits per heavy atom. The first kappa shape index (κ1) is 15.9. The predicted octanol–water partition coefficient (Wildman–Crippen LogP) is 2.14. The molecule has 1 heterocycles. The summed E-state index contributed by atoms with van der Waals surface area (Å²) in [5.41, 5.74) is 0.804. The van der Waals surface area contributed by atoms with E-state index in [0.717, 1.165) is 18.0 Å². The first-order valence-electron chi connectivity index (χ1n) is 6.73. The molecule has 108 valence electrons. The summed E-state index contributed by atoms with van der Waals surface area (Å²) >= 11 is 0. The maximum Gasteiger partial charge on any atom is 0.178 e. The van der Waals surface area contributed by atoms with Crippen molar-refractivity contribution in [2.75, 3.05) is 26.9 Å². The van der Waals surface area contributed by atoms with Crippen LogP contribution < -0.4 is 10.1 Å². The Morgan fingerprint density at radius 2 is 1.89 bits per heavy atom. The molecule has 0 aliphatic heterocycles. The third-order valence-electron chi connectivity index (χ3n) is 2.67. The highest BCUT2D eigenvalue weighted by atomic mass is 16.7. The van der Waals surface area contributed by atoms with E-state index in [1.54, 1.807) is 13.3 Å². The number of hydrogen-bond acceptors (Lipinski definition) is 5. The Balaban J connectivity index is 3.02. The van der Waals surface area contributed by atoms with Crippen LogP contribution in [-0.4, -0.2) is 38.1 Å². The van der Waals surface area contributed by atoms with Gasteiger partial charge in [0.15, 0.2) is 6.29 Å². The van der Waals surface area contributed by atoms with E-state index >= 15 is 0 Å². The topological polar surface area (TPSA) is 52.6 Å². The maximum absolute atomic E-state index is 5.67. The molecule has 1 aromatic heterocycles. The molecule has 19 heavy (non-hydrogen) atoms. The molecule has 0 aromatic carbocycles. The summed E-state index contributed by atoms with van der Waals surface area (Å²) in [6.07, 6.45) is 1.37. The van der Waals surface area contributed by atoms with Gasteiger partial charge in [-0.2, -0.15) is 0 Å². The van der Waals surface area contributed by atoms with Gasteiger partial charge in [-0.1, -0.05) is 6.92 Å². The lowest BCUT2D eigenvalue weighted by atomic mass is 10.1. The van der Waals surface area contributed by atoms with Crippen molar-refractivity contribution in [2.24, 2.45) is 0 Å². The average molecular weight is 268 g/mol. The van der Waals surface area contributed by atoms with Crippen LogP contribution in [0.1, 0.15) is 32.5 Å². The summed E-state index contributed by atoms with van der Waals surface area (Å²) in [6.45, 7) is 7.90. The summed E-state index contributed by atoms with van der Waals surface area (Å²) < 4.78 is 16.7. The molecule has 1 unspecified atom stereocenters. The van der Waals surface area contributed by atoms with Gasteiger partial charge < -0.3 is 19.5 Å². The van der Waals surface area contributed by atoms with Crippen molar-refractivity contribution < 1.29 is 14.2 Å². The summed E-state index contributed by atoms with van der Waals surface area (Å²) in [5, 5.41) is 3.35. The molecule has 0 radical (unpaired) electrons. The van der Waals surface area contributed by atoms with E-state index in [9.17, 15) is 0 Å². The lowest BCUT2D eigenvalue weighted by Gasteiger charge is -2.27. The molecule has 5 heteroatoms. The van der Waals surface area contributed by atoms with Crippen LogP contribution in [-0.2, 0) is 9.47 Å². The van der Waals surface area contributed by atoms with Crippen LogP contribution >= 0.6 is 0 Å². The quantitative estimate of drug-likeness (QED) is 0.695. The fourth-order valence-corrected chi connectivity index (χ4v) is 1.92. The molecule has 5 nitrogen and oxygen atoms in total. The third kappa shape index (κ3) is 4.45. The van der Waals surface area contributed by atoms with Crippen molar-refractivity contribution in [2.45, 2.75) is 33.1 Å². The van der Waals surface area contributed by atoms with Crippen LogP contribution in [0.4, 0.5) is 0 Å². The minimum atomic E-state index is -0.376. The zero-order valence-corrected chi connectivity index (χ0v) is 12.2. The van der Waals surface area contributed by atoms with Crippen molar-refractivity contribution in [3.05, 3.63) is 24.0 Å². The van der Waals surface area contributed by atoms with Gasteiger partial charge in [0.2, 0.25) is 0 Å². The van der Waals surface area contributed by atoms with Crippen molar-refractivity contribution in [3.8, 4) is 5.75 Å². The maximum atomic E-state index is 5.67. The van der Waals surface area contributed by atoms with Crippen LogP contribution in [0.15, 0.2) is 18.3 Å². The van der Waals surface area contributed by atoms with Gasteiger partial charge in [-0.15, -0.1) is 0 Å². The molecule has 0 fully saturated rings. The molecule has 1 aromatic rings. The lowest BCUT2D eigenvalue weighted by Crippen LogP contribution is -2.36. The number of nitrogens with one attached hydrogen (secondary N) is 1. The zero-order valence-electron chi connectivity index (χ0n) is 12.2. The predicted molar refractivity (Wildman–Crippen MR) is 74.2 cm³/mol. The Labute approximate surface area is 115 Å². The van der Waals surface area contributed by atoms with Crippen molar-refractivity contribution in [3.63, 3.8) is 0 Å². The van der Waals surface area contributed by atoms with Gasteiger partial charge in [0.25, 0.3) is 0 Å². The Bertz CT molecular complexity index is 354. The number of nitrogens with zero attached hydrogens (tertiary/aromatic N) is 1. The van der Waals surface area contributed by atoms with E-state index in [1.807, 2.05) is 32.9 Å². The largest absolute Gasteiger partial charge is 0.495 e. The smallest absolute Gasteiger partial charge is 0.178 e. The summed E-state index contributed by atoms with van der Waals surface area (Å²) in [6, 6.07) is 3.59. The number of rotatable bonds is 9. The van der Waals surface area contributed by atoms with Gasteiger partial charge in [-0.3, -0.25) is 4.98 Å². The van der Waals surface area contributed by atoms with Gasteiger partial charge in [-0.05, 0) is 32.5 Å². The molecular formula is C14H24N2O3. The van der Waals surface area contributed by atoms with Gasteiger partial charge in [-0.25, -0.2) is 0 Å². The van der Waals surface area contributed by atoms with E-state index in [0.29, 0.717) is 13.2 Å². The standard InChI is InChI=1S/C14H24N2O3/c1-5-15-13(14(18-6-2)19-7-3)12-11(17-4)9-8-10-16-12/h8-10,13-15H,5-7H2,1-4H3. The van der Waals surface area contributed by atoms with Crippen LogP contribution in [0, 0.1) is 0 Å². The highest BCUT2D eigenvalue weighted by Crippen LogP contribution is 2.26. The lowest BCUT2D eigenvalue weighted by molar-refractivity contribution is -0.155. The van der Waals surface area contributed by atoms with Crippen LogP contribution in [0.2, 0.25) is 0 Å². The zero-order chi connectivity index (χ0) is 14.1. The van der Waals surface area contributed by atoms with Crippen LogP contribution in [0.3, 0.4) is 0 Å². The summed E-state index contributed by atoms with van der Waals surface area (Å²) in [7, 11) is 1.64. The molecule has 1 atom stereocenters. The van der Waals surface area contributed by atoms with Gasteiger partial charge in [0.1, 0.15) is 17.5 Å². The second-order valence-corrected chi connectivity index (χ2v) is 3.91. The van der Waals surface area contributed by atoms with Crippen molar-refractivity contribution in [1.82, 2.24) is 10.3 Å². The van der Waals surface area contributed by atoms with E-state index < -0.39 is 0 Å². The molecule has 1 rings (SSSR count). The first-order chi connectivity index (χ1) is 9.28. The summed E-state index contributed by atoms with van der Waals surface area (Å²) in [5.74, 6) is 0.734. The fourth-order valence-electron chi connectivity index (χ4n) is 1.92. The van der Waals surface area contributed by atoms with Crippen LogP contribution in [0.25, 0.3) is 0 Å². The third-order valence-corrected chi connectivity index (χ3v) is 2.67. The number of pyridine rings is 1. The van der Waals surface area contributed by atoms with E-state index in [1.165, 1.54) is 0 Å². The first-order valence-corrected chi connectivity index (χ1v) is 6.73. The molecule has 0 bridgehead atoms. The highest BCUT2D eigenvalue weighted by Gasteiger charge is 2.27. The molecule has 0 saturated carbocycles. The molecule has 0 aliphatic rings. The second-order valence-electron chi connectivity index (χ2n) is 3.91. The van der Waals surface area contributed by atoms with E-state index in [4.69, 9.17) is 14.2 Å². The van der Waals surface area contributed by atoms with Gasteiger partial charge >= 0.3 is 0 Å². The van der Waals surface area contributed by atoms with E-state index in [2.05, 4.69) is 10.3 Å². The SMILES string of the molecule is CCNC(c1ncccc1OC)C(OCC)OCC. The molecule has 0 spiro atoms. The Hall–Kier alpha value is -1.17. The van der Waals surface area contributed by atoms with Gasteiger partial charge in [0, 0.05) is 19.4 Å². The average Bonchev–Trinajstić information content (AvgIpc) is 2.44. The second kappa shape index (κ2) is 8.85. The highest BCUT2D eigenvalue weighted by molar-refractivity contribution is 5.30. The number of hydrogen-bond donors (Lipinski definition) is 1. The van der Waals surface area contributed by atoms with Gasteiger partial charge in [0.05, 0.1) is 7.11 Å². The number of likely N-dealkylation sites (N-methyl/N-ethyl adjacent to an activating group) is 1. The molecular weight excluding hydrogens is 244 g/mol.